The van der Waals surface area contributed by atoms with Crippen molar-refractivity contribution in [3.05, 3.63) is 23.3 Å². The van der Waals surface area contributed by atoms with Gasteiger partial charge >= 0.3 is 0 Å². The third-order valence-corrected chi connectivity index (χ3v) is 8.20. The van der Waals surface area contributed by atoms with Gasteiger partial charge in [-0.05, 0) is 47.7 Å². The van der Waals surface area contributed by atoms with E-state index in [-0.39, 0.29) is 23.2 Å². The largest absolute Gasteiger partial charge is 0.392 e. The first-order valence-corrected chi connectivity index (χ1v) is 9.32. The lowest BCUT2D eigenvalue weighted by molar-refractivity contribution is -0.215. The highest BCUT2D eigenvalue weighted by Gasteiger charge is 2.75. The minimum absolute atomic E-state index is 0.0853. The van der Waals surface area contributed by atoms with E-state index in [1.54, 1.807) is 19.1 Å². The van der Waals surface area contributed by atoms with Crippen LogP contribution in [0.2, 0.25) is 0 Å². The molecule has 5 heteroatoms. The van der Waals surface area contributed by atoms with Crippen LogP contribution in [0.5, 0.6) is 0 Å². The fourth-order valence-electron chi connectivity index (χ4n) is 6.74. The number of hydrogen-bond donors (Lipinski definition) is 5. The lowest BCUT2D eigenvalue weighted by atomic mass is 9.58. The van der Waals surface area contributed by atoms with Gasteiger partial charge in [-0.15, -0.1) is 0 Å². The SMILES string of the molecule is CC1=C[C@]23C(O)[C@@H](C=C(CO)[C@@H](O)[C@]2(O)[C@H]1O)[C@H]1[C@@H](C[C@H]3C)C1(C)C. The zero-order valence-electron chi connectivity index (χ0n) is 15.3. The monoisotopic (exact) mass is 350 g/mol. The standard InChI is InChI=1S/C20H30O5/c1-9-7-19-10(2)5-13-14(18(13,3)4)12(17(19)24)6-11(8-21)16(23)20(19,25)15(9)22/h6-7,10,12-17,21-25H,5,8H2,1-4H3/t10-,12+,13-,14+,15+,16-,17?,19+,20-/m1/s1. The van der Waals surface area contributed by atoms with Gasteiger partial charge in [0, 0.05) is 5.92 Å². The van der Waals surface area contributed by atoms with Crippen molar-refractivity contribution in [1.82, 2.24) is 0 Å². The molecule has 1 spiro atoms. The van der Waals surface area contributed by atoms with E-state index in [1.807, 2.05) is 6.92 Å². The van der Waals surface area contributed by atoms with Crippen LogP contribution in [0.4, 0.5) is 0 Å². The number of fused-ring (bicyclic) bond motifs is 3. The van der Waals surface area contributed by atoms with Crippen LogP contribution in [0.1, 0.15) is 34.1 Å². The number of rotatable bonds is 1. The average Bonchev–Trinajstić information content (AvgIpc) is 3.05. The molecular formula is C20H30O5. The Labute approximate surface area is 148 Å². The van der Waals surface area contributed by atoms with Crippen LogP contribution in [0.3, 0.4) is 0 Å². The minimum atomic E-state index is -1.93. The summed E-state index contributed by atoms with van der Waals surface area (Å²) in [5.74, 6) is 0.292. The molecule has 4 aliphatic rings. The topological polar surface area (TPSA) is 101 Å². The fraction of sp³-hybridized carbons (Fsp3) is 0.800. The van der Waals surface area contributed by atoms with E-state index < -0.39 is 35.9 Å². The van der Waals surface area contributed by atoms with Gasteiger partial charge in [0.05, 0.1) is 18.1 Å². The third-order valence-electron chi connectivity index (χ3n) is 8.20. The summed E-state index contributed by atoms with van der Waals surface area (Å²) in [5, 5.41) is 54.7. The van der Waals surface area contributed by atoms with E-state index in [4.69, 9.17) is 0 Å². The smallest absolute Gasteiger partial charge is 0.136 e. The van der Waals surface area contributed by atoms with Crippen molar-refractivity contribution >= 4 is 0 Å². The molecule has 140 valence electrons. The Morgan fingerprint density at radius 1 is 1.16 bits per heavy atom. The Kier molecular flexibility index (Phi) is 3.51. The normalized spacial score (nSPS) is 56.1. The molecule has 4 rings (SSSR count). The fourth-order valence-corrected chi connectivity index (χ4v) is 6.74. The zero-order valence-corrected chi connectivity index (χ0v) is 15.3. The Morgan fingerprint density at radius 2 is 1.80 bits per heavy atom. The van der Waals surface area contributed by atoms with Crippen LogP contribution >= 0.6 is 0 Å². The molecule has 0 amide bonds. The number of hydrogen-bond acceptors (Lipinski definition) is 5. The van der Waals surface area contributed by atoms with Gasteiger partial charge in [-0.2, -0.15) is 0 Å². The van der Waals surface area contributed by atoms with Gasteiger partial charge in [0.15, 0.2) is 0 Å². The molecule has 1 unspecified atom stereocenters. The van der Waals surface area contributed by atoms with E-state index in [9.17, 15) is 25.5 Å². The molecule has 5 N–H and O–H groups in total. The molecule has 2 saturated carbocycles. The molecule has 5 nitrogen and oxygen atoms in total. The Bertz CT molecular complexity index is 667. The summed E-state index contributed by atoms with van der Waals surface area (Å²) in [4.78, 5) is 0. The lowest BCUT2D eigenvalue weighted by Gasteiger charge is -2.51. The first-order chi connectivity index (χ1) is 11.5. The summed E-state index contributed by atoms with van der Waals surface area (Å²) in [6, 6.07) is 0. The summed E-state index contributed by atoms with van der Waals surface area (Å²) >= 11 is 0. The van der Waals surface area contributed by atoms with Gasteiger partial charge in [0.25, 0.3) is 0 Å². The van der Waals surface area contributed by atoms with Crippen LogP contribution in [0, 0.1) is 34.5 Å². The quantitative estimate of drug-likeness (QED) is 0.446. The summed E-state index contributed by atoms with van der Waals surface area (Å²) in [7, 11) is 0. The van der Waals surface area contributed by atoms with Crippen molar-refractivity contribution in [2.75, 3.05) is 6.61 Å². The summed E-state index contributed by atoms with van der Waals surface area (Å²) in [6.07, 6.45) is 0.801. The molecule has 0 saturated heterocycles. The molecule has 4 aliphatic carbocycles. The van der Waals surface area contributed by atoms with Gasteiger partial charge in [0.1, 0.15) is 17.8 Å². The van der Waals surface area contributed by atoms with Gasteiger partial charge in [-0.3, -0.25) is 0 Å². The maximum Gasteiger partial charge on any atom is 0.136 e. The average molecular weight is 350 g/mol. The molecule has 0 aromatic heterocycles. The molecule has 0 radical (unpaired) electrons. The summed E-state index contributed by atoms with van der Waals surface area (Å²) in [5.41, 5.74) is -2.11. The highest BCUT2D eigenvalue weighted by Crippen LogP contribution is 2.72. The van der Waals surface area contributed by atoms with E-state index in [0.29, 0.717) is 17.1 Å². The highest BCUT2D eigenvalue weighted by molar-refractivity contribution is 5.42. The second-order valence-corrected chi connectivity index (χ2v) is 9.46. The molecular weight excluding hydrogens is 320 g/mol. The van der Waals surface area contributed by atoms with Crippen LogP contribution < -0.4 is 0 Å². The van der Waals surface area contributed by atoms with Crippen molar-refractivity contribution < 1.29 is 25.5 Å². The van der Waals surface area contributed by atoms with Crippen LogP contribution in [-0.4, -0.2) is 56.1 Å². The summed E-state index contributed by atoms with van der Waals surface area (Å²) in [6.45, 7) is 7.72. The van der Waals surface area contributed by atoms with Gasteiger partial charge in [0.2, 0.25) is 0 Å². The molecule has 25 heavy (non-hydrogen) atoms. The van der Waals surface area contributed by atoms with Crippen LogP contribution in [0.25, 0.3) is 0 Å². The van der Waals surface area contributed by atoms with Crippen molar-refractivity contribution in [2.24, 2.45) is 34.5 Å². The summed E-state index contributed by atoms with van der Waals surface area (Å²) < 4.78 is 0. The number of aliphatic hydroxyl groups is 5. The highest BCUT2D eigenvalue weighted by atomic mass is 16.4. The Balaban J connectivity index is 1.98. The predicted molar refractivity (Wildman–Crippen MR) is 92.4 cm³/mol. The maximum atomic E-state index is 11.6. The van der Waals surface area contributed by atoms with Crippen LogP contribution in [0.15, 0.2) is 23.3 Å². The van der Waals surface area contributed by atoms with E-state index in [0.717, 1.165) is 6.42 Å². The van der Waals surface area contributed by atoms with Gasteiger partial charge in [-0.25, -0.2) is 0 Å². The van der Waals surface area contributed by atoms with E-state index in [1.165, 1.54) is 0 Å². The molecule has 2 fully saturated rings. The van der Waals surface area contributed by atoms with E-state index in [2.05, 4.69) is 13.8 Å². The minimum Gasteiger partial charge on any atom is -0.392 e. The zero-order chi connectivity index (χ0) is 18.5. The first-order valence-electron chi connectivity index (χ1n) is 9.32. The van der Waals surface area contributed by atoms with Gasteiger partial charge in [-0.1, -0.05) is 32.9 Å². The van der Waals surface area contributed by atoms with E-state index >= 15 is 0 Å². The third kappa shape index (κ3) is 1.77. The maximum absolute atomic E-state index is 11.6. The van der Waals surface area contributed by atoms with Crippen molar-refractivity contribution in [3.63, 3.8) is 0 Å². The molecule has 2 bridgehead atoms. The Morgan fingerprint density at radius 3 is 2.40 bits per heavy atom. The van der Waals surface area contributed by atoms with Gasteiger partial charge < -0.3 is 25.5 Å². The van der Waals surface area contributed by atoms with Crippen molar-refractivity contribution in [1.29, 1.82) is 0 Å². The van der Waals surface area contributed by atoms with Crippen molar-refractivity contribution in [2.45, 2.75) is 58.0 Å². The first kappa shape index (κ1) is 17.7. The lowest BCUT2D eigenvalue weighted by Crippen LogP contribution is -2.66. The molecule has 9 atom stereocenters. The molecule has 0 aliphatic heterocycles. The van der Waals surface area contributed by atoms with Crippen LogP contribution in [-0.2, 0) is 0 Å². The molecule has 0 aromatic carbocycles. The Hall–Kier alpha value is -0.720. The second-order valence-electron chi connectivity index (χ2n) is 9.46. The number of aliphatic hydroxyl groups excluding tert-OH is 4. The molecule has 0 heterocycles. The van der Waals surface area contributed by atoms with Crippen molar-refractivity contribution in [3.8, 4) is 0 Å². The molecule has 0 aromatic rings. The second kappa shape index (κ2) is 4.96. The predicted octanol–water partition coefficient (Wildman–Crippen LogP) is 0.607.